The molecule has 7 heteroatoms. The number of hydrogen-bond acceptors (Lipinski definition) is 4. The number of hydrogen-bond donors (Lipinski definition) is 1. The van der Waals surface area contributed by atoms with E-state index in [0.29, 0.717) is 25.2 Å². The summed E-state index contributed by atoms with van der Waals surface area (Å²) >= 11 is 1.59. The van der Waals surface area contributed by atoms with Gasteiger partial charge < -0.3 is 10.2 Å². The van der Waals surface area contributed by atoms with Gasteiger partial charge in [-0.3, -0.25) is 14.3 Å². The summed E-state index contributed by atoms with van der Waals surface area (Å²) in [6, 6.07) is 5.28. The first-order valence-corrected chi connectivity index (χ1v) is 8.21. The molecule has 0 aliphatic carbocycles. The van der Waals surface area contributed by atoms with Gasteiger partial charge in [0.2, 0.25) is 11.8 Å². The number of nitrogens with one attached hydrogen (secondary N) is 1. The van der Waals surface area contributed by atoms with Crippen molar-refractivity contribution in [2.75, 3.05) is 5.32 Å². The predicted molar refractivity (Wildman–Crippen MR) is 84.4 cm³/mol. The number of likely N-dealkylation sites (tertiary alicyclic amines) is 1. The van der Waals surface area contributed by atoms with Gasteiger partial charge in [0.15, 0.2) is 5.82 Å². The smallest absolute Gasteiger partial charge is 0.248 e. The number of carbonyl (C=O) groups excluding carboxylic acids is 2. The first kappa shape index (κ1) is 14.8. The number of aromatic nitrogens is 2. The van der Waals surface area contributed by atoms with Crippen LogP contribution in [0.3, 0.4) is 0 Å². The van der Waals surface area contributed by atoms with Gasteiger partial charge in [-0.1, -0.05) is 6.07 Å². The molecule has 1 aliphatic rings. The second kappa shape index (κ2) is 6.31. The summed E-state index contributed by atoms with van der Waals surface area (Å²) in [5.74, 6) is 0.402. The van der Waals surface area contributed by atoms with Crippen molar-refractivity contribution in [3.8, 4) is 0 Å². The number of amides is 2. The normalized spacial score (nSPS) is 18.0. The molecule has 0 aromatic carbocycles. The Labute approximate surface area is 132 Å². The van der Waals surface area contributed by atoms with Crippen LogP contribution in [0.25, 0.3) is 0 Å². The molecule has 116 valence electrons. The third kappa shape index (κ3) is 3.04. The number of anilines is 1. The van der Waals surface area contributed by atoms with Crippen LogP contribution in [-0.2, 0) is 22.7 Å². The number of carbonyl (C=O) groups is 2. The molecule has 22 heavy (non-hydrogen) atoms. The monoisotopic (exact) mass is 318 g/mol. The first-order valence-electron chi connectivity index (χ1n) is 7.33. The van der Waals surface area contributed by atoms with Gasteiger partial charge in [-0.15, -0.1) is 11.3 Å². The lowest BCUT2D eigenvalue weighted by atomic mass is 10.2. The van der Waals surface area contributed by atoms with Crippen molar-refractivity contribution in [3.05, 3.63) is 34.7 Å². The van der Waals surface area contributed by atoms with E-state index >= 15 is 0 Å². The quantitative estimate of drug-likeness (QED) is 0.918. The van der Waals surface area contributed by atoms with Crippen LogP contribution in [0.1, 0.15) is 24.6 Å². The van der Waals surface area contributed by atoms with E-state index in [0.717, 1.165) is 11.4 Å². The molecular formula is C15H18N4O2S. The highest BCUT2D eigenvalue weighted by Gasteiger charge is 2.36. The minimum Gasteiger partial charge on any atom is -0.325 e. The van der Waals surface area contributed by atoms with Gasteiger partial charge in [0.1, 0.15) is 6.04 Å². The van der Waals surface area contributed by atoms with Gasteiger partial charge >= 0.3 is 0 Å². The summed E-state index contributed by atoms with van der Waals surface area (Å²) in [6.45, 7) is 3.23. The van der Waals surface area contributed by atoms with E-state index in [1.807, 2.05) is 30.6 Å². The minimum absolute atomic E-state index is 0.0348. The summed E-state index contributed by atoms with van der Waals surface area (Å²) in [5, 5.41) is 9.03. The van der Waals surface area contributed by atoms with Crippen LogP contribution in [0, 0.1) is 0 Å². The lowest BCUT2D eigenvalue weighted by Crippen LogP contribution is -2.41. The van der Waals surface area contributed by atoms with Crippen molar-refractivity contribution in [1.82, 2.24) is 14.7 Å². The van der Waals surface area contributed by atoms with Crippen molar-refractivity contribution in [2.45, 2.75) is 38.9 Å². The summed E-state index contributed by atoms with van der Waals surface area (Å²) in [7, 11) is 0. The summed E-state index contributed by atoms with van der Waals surface area (Å²) in [5.41, 5.74) is 0. The Hall–Kier alpha value is -2.15. The topological polar surface area (TPSA) is 67.2 Å². The predicted octanol–water partition coefficient (Wildman–Crippen LogP) is 2.09. The van der Waals surface area contributed by atoms with Crippen molar-refractivity contribution < 1.29 is 9.59 Å². The van der Waals surface area contributed by atoms with Crippen LogP contribution < -0.4 is 5.32 Å². The molecule has 6 nitrogen and oxygen atoms in total. The molecule has 2 aromatic heterocycles. The van der Waals surface area contributed by atoms with Crippen LogP contribution >= 0.6 is 11.3 Å². The summed E-state index contributed by atoms with van der Waals surface area (Å²) < 4.78 is 1.75. The Morgan fingerprint density at radius 1 is 1.50 bits per heavy atom. The maximum absolute atomic E-state index is 12.4. The highest BCUT2D eigenvalue weighted by atomic mass is 32.1. The van der Waals surface area contributed by atoms with E-state index in [2.05, 4.69) is 10.4 Å². The lowest BCUT2D eigenvalue weighted by Gasteiger charge is -2.23. The molecular weight excluding hydrogens is 300 g/mol. The van der Waals surface area contributed by atoms with E-state index in [9.17, 15) is 9.59 Å². The van der Waals surface area contributed by atoms with Crippen LogP contribution in [-0.4, -0.2) is 32.5 Å². The lowest BCUT2D eigenvalue weighted by molar-refractivity contribution is -0.133. The molecule has 0 bridgehead atoms. The molecule has 0 unspecified atom stereocenters. The molecule has 2 aromatic rings. The standard InChI is InChI=1S/C15H18N4O2S/c1-2-18-8-7-13(17-18)16-15(21)12-5-6-14(20)19(12)10-11-4-3-9-22-11/h3-4,7-9,12H,2,5-6,10H2,1H3,(H,16,17,21)/t12-/m0/s1. The minimum atomic E-state index is -0.415. The SMILES string of the molecule is CCn1ccc(NC(=O)[C@@H]2CCC(=O)N2Cc2cccs2)n1. The second-order valence-electron chi connectivity index (χ2n) is 5.20. The molecule has 1 saturated heterocycles. The van der Waals surface area contributed by atoms with Crippen molar-refractivity contribution in [1.29, 1.82) is 0 Å². The molecule has 3 rings (SSSR count). The van der Waals surface area contributed by atoms with Crippen molar-refractivity contribution in [2.24, 2.45) is 0 Å². The molecule has 0 spiro atoms. The van der Waals surface area contributed by atoms with E-state index < -0.39 is 6.04 Å². The first-order chi connectivity index (χ1) is 10.7. The Bertz CT molecular complexity index is 665. The Morgan fingerprint density at radius 3 is 3.05 bits per heavy atom. The third-order valence-corrected chi connectivity index (χ3v) is 4.61. The number of nitrogens with zero attached hydrogens (tertiary/aromatic N) is 3. The fourth-order valence-corrected chi connectivity index (χ4v) is 3.29. The fourth-order valence-electron chi connectivity index (χ4n) is 2.59. The average Bonchev–Trinajstić information content (AvgIpc) is 3.22. The van der Waals surface area contributed by atoms with Crippen LogP contribution in [0.2, 0.25) is 0 Å². The average molecular weight is 318 g/mol. The molecule has 0 saturated carbocycles. The highest BCUT2D eigenvalue weighted by Crippen LogP contribution is 2.24. The van der Waals surface area contributed by atoms with Gasteiger partial charge in [0, 0.05) is 30.1 Å². The van der Waals surface area contributed by atoms with Crippen molar-refractivity contribution in [3.63, 3.8) is 0 Å². The maximum atomic E-state index is 12.4. The van der Waals surface area contributed by atoms with Gasteiger partial charge in [-0.2, -0.15) is 5.10 Å². The van der Waals surface area contributed by atoms with E-state index in [1.165, 1.54) is 0 Å². The number of thiophene rings is 1. The summed E-state index contributed by atoms with van der Waals surface area (Å²) in [6.07, 6.45) is 2.80. The second-order valence-corrected chi connectivity index (χ2v) is 6.23. The molecule has 3 heterocycles. The van der Waals surface area contributed by atoms with Gasteiger partial charge in [-0.25, -0.2) is 0 Å². The zero-order valence-electron chi connectivity index (χ0n) is 12.4. The molecule has 0 radical (unpaired) electrons. The number of aryl methyl sites for hydroxylation is 1. The fraction of sp³-hybridized carbons (Fsp3) is 0.400. The Kier molecular flexibility index (Phi) is 4.24. The van der Waals surface area contributed by atoms with E-state index in [4.69, 9.17) is 0 Å². The van der Waals surface area contributed by atoms with Gasteiger partial charge in [0.05, 0.1) is 6.54 Å². The van der Waals surface area contributed by atoms with Crippen LogP contribution in [0.15, 0.2) is 29.8 Å². The third-order valence-electron chi connectivity index (χ3n) is 3.75. The van der Waals surface area contributed by atoms with Crippen LogP contribution in [0.5, 0.6) is 0 Å². The van der Waals surface area contributed by atoms with E-state index in [1.54, 1.807) is 27.0 Å². The van der Waals surface area contributed by atoms with Crippen molar-refractivity contribution >= 4 is 29.0 Å². The van der Waals surface area contributed by atoms with E-state index in [-0.39, 0.29) is 11.8 Å². The molecule has 1 atom stereocenters. The maximum Gasteiger partial charge on any atom is 0.248 e. The van der Waals surface area contributed by atoms with Gasteiger partial charge in [0.25, 0.3) is 0 Å². The molecule has 1 N–H and O–H groups in total. The largest absolute Gasteiger partial charge is 0.325 e. The molecule has 1 fully saturated rings. The zero-order valence-corrected chi connectivity index (χ0v) is 13.2. The Morgan fingerprint density at radius 2 is 2.36 bits per heavy atom. The zero-order chi connectivity index (χ0) is 15.5. The molecule has 1 aliphatic heterocycles. The number of rotatable bonds is 5. The summed E-state index contributed by atoms with van der Waals surface area (Å²) in [4.78, 5) is 27.2. The molecule has 2 amide bonds. The van der Waals surface area contributed by atoms with Gasteiger partial charge in [-0.05, 0) is 24.8 Å². The highest BCUT2D eigenvalue weighted by molar-refractivity contribution is 7.09. The Balaban J connectivity index is 1.68. The van der Waals surface area contributed by atoms with Crippen LogP contribution in [0.4, 0.5) is 5.82 Å².